The zero-order valence-corrected chi connectivity index (χ0v) is 17.3. The number of hydrogen-bond acceptors (Lipinski definition) is 5. The minimum absolute atomic E-state index is 0.0309. The van der Waals surface area contributed by atoms with Crippen molar-refractivity contribution >= 4 is 22.8 Å². The number of esters is 2. The van der Waals surface area contributed by atoms with Crippen molar-refractivity contribution in [1.29, 1.82) is 0 Å². The number of aromatic amines is 1. The third-order valence-electron chi connectivity index (χ3n) is 6.54. The molecule has 29 heavy (non-hydrogen) atoms. The van der Waals surface area contributed by atoms with Crippen LogP contribution in [0.15, 0.2) is 35.9 Å². The zero-order chi connectivity index (χ0) is 20.6. The largest absolute Gasteiger partial charge is 0.468 e. The van der Waals surface area contributed by atoms with E-state index in [1.165, 1.54) is 19.6 Å². The Balaban J connectivity index is 2.03. The number of rotatable bonds is 3. The molecule has 0 radical (unpaired) electrons. The van der Waals surface area contributed by atoms with E-state index in [1.54, 1.807) is 0 Å². The summed E-state index contributed by atoms with van der Waals surface area (Å²) in [4.78, 5) is 31.3. The number of H-pyrrole nitrogens is 1. The number of carbonyl (C=O) groups excluding carboxylic acids is 2. The van der Waals surface area contributed by atoms with E-state index in [2.05, 4.69) is 22.0 Å². The lowest BCUT2D eigenvalue weighted by Crippen LogP contribution is -2.52. The molecule has 6 heteroatoms. The summed E-state index contributed by atoms with van der Waals surface area (Å²) in [6.45, 7) is 6.01. The molecule has 1 unspecified atom stereocenters. The normalized spacial score (nSPS) is 27.8. The third kappa shape index (κ3) is 3.15. The smallest absolute Gasteiger partial charge is 0.321 e. The molecule has 1 fully saturated rings. The molecule has 1 aromatic carbocycles. The molecule has 5 rings (SSSR count). The average Bonchev–Trinajstić information content (AvgIpc) is 3.14. The Morgan fingerprint density at radius 3 is 2.83 bits per heavy atom. The molecular weight excluding hydrogens is 368 g/mol. The van der Waals surface area contributed by atoms with Gasteiger partial charge in [0, 0.05) is 42.5 Å². The first-order valence-electron chi connectivity index (χ1n) is 10.2. The topological polar surface area (TPSA) is 71.6 Å². The average molecular weight is 396 g/mol. The lowest BCUT2D eigenvalue weighted by molar-refractivity contribution is -0.157. The van der Waals surface area contributed by atoms with Crippen LogP contribution in [0.25, 0.3) is 10.9 Å². The van der Waals surface area contributed by atoms with E-state index in [0.29, 0.717) is 0 Å². The monoisotopic (exact) mass is 396 g/mol. The lowest BCUT2D eigenvalue weighted by Gasteiger charge is -2.42. The number of benzene rings is 1. The molecule has 1 aromatic heterocycles. The van der Waals surface area contributed by atoms with Gasteiger partial charge in [-0.05, 0) is 37.9 Å². The molecule has 4 heterocycles. The number of aromatic nitrogens is 1. The van der Waals surface area contributed by atoms with Crippen molar-refractivity contribution in [2.45, 2.75) is 32.1 Å². The summed E-state index contributed by atoms with van der Waals surface area (Å²) < 4.78 is 10.9. The number of nitrogens with zero attached hydrogens (tertiary/aromatic N) is 1. The van der Waals surface area contributed by atoms with Crippen LogP contribution in [-0.4, -0.2) is 55.2 Å². The van der Waals surface area contributed by atoms with Crippen molar-refractivity contribution < 1.29 is 19.1 Å². The summed E-state index contributed by atoms with van der Waals surface area (Å²) in [6, 6.07) is 8.11. The van der Waals surface area contributed by atoms with Crippen LogP contribution in [0.1, 0.15) is 31.5 Å². The summed E-state index contributed by atoms with van der Waals surface area (Å²) in [7, 11) is 1.41. The van der Waals surface area contributed by atoms with Crippen molar-refractivity contribution in [3.05, 3.63) is 47.2 Å². The van der Waals surface area contributed by atoms with E-state index < -0.39 is 11.4 Å². The summed E-state index contributed by atoms with van der Waals surface area (Å²) >= 11 is 0. The number of ether oxygens (including phenoxy) is 2. The fraction of sp³-hybridized carbons (Fsp3) is 0.478. The van der Waals surface area contributed by atoms with Crippen LogP contribution in [0, 0.1) is 5.92 Å². The summed E-state index contributed by atoms with van der Waals surface area (Å²) in [5.41, 5.74) is 3.04. The van der Waals surface area contributed by atoms with Crippen LogP contribution >= 0.6 is 0 Å². The van der Waals surface area contributed by atoms with Gasteiger partial charge >= 0.3 is 11.9 Å². The standard InChI is InChI=1S/C23H28N2O4/c1-4-16-13-25-11-9-18-17-7-5-6-8-20(17)24-21(18)23(22(27)28-3,14-29-15(2)26)19(16)10-12-25/h4-8,19,24H,9-14H2,1-3H3/t19-,23-/m0/s1. The van der Waals surface area contributed by atoms with Crippen LogP contribution in [0.3, 0.4) is 0 Å². The minimum atomic E-state index is -1.09. The SMILES string of the molecule is CC=C1CN2CCc3c([nH]c4ccccc34)[C@@](COC(C)=O)(C(=O)OC)[C@H]1CC2. The van der Waals surface area contributed by atoms with Gasteiger partial charge in [-0.1, -0.05) is 29.8 Å². The molecule has 0 amide bonds. The van der Waals surface area contributed by atoms with Crippen LogP contribution in [-0.2, 0) is 30.9 Å². The molecule has 0 spiro atoms. The Labute approximate surface area is 170 Å². The fourth-order valence-electron chi connectivity index (χ4n) is 5.15. The molecule has 2 aromatic rings. The van der Waals surface area contributed by atoms with Gasteiger partial charge in [0.1, 0.15) is 12.0 Å². The molecule has 3 aliphatic heterocycles. The Bertz CT molecular complexity index is 976. The summed E-state index contributed by atoms with van der Waals surface area (Å²) in [6.07, 6.45) is 3.74. The summed E-state index contributed by atoms with van der Waals surface area (Å²) in [5, 5.41) is 1.11. The number of para-hydroxylation sites is 1. The van der Waals surface area contributed by atoms with E-state index in [1.807, 2.05) is 25.1 Å². The highest BCUT2D eigenvalue weighted by Gasteiger charge is 2.54. The van der Waals surface area contributed by atoms with Gasteiger partial charge in [-0.3, -0.25) is 14.5 Å². The first kappa shape index (κ1) is 19.7. The first-order chi connectivity index (χ1) is 14.0. The molecule has 154 valence electrons. The number of carbonyl (C=O) groups is 2. The number of methoxy groups -OCH3 is 1. The van der Waals surface area contributed by atoms with Gasteiger partial charge in [-0.15, -0.1) is 0 Å². The van der Waals surface area contributed by atoms with Gasteiger partial charge < -0.3 is 14.5 Å². The Morgan fingerprint density at radius 2 is 2.10 bits per heavy atom. The second-order valence-corrected chi connectivity index (χ2v) is 8.00. The molecule has 3 aliphatic rings. The second-order valence-electron chi connectivity index (χ2n) is 8.00. The van der Waals surface area contributed by atoms with Crippen molar-refractivity contribution in [3.8, 4) is 0 Å². The van der Waals surface area contributed by atoms with Crippen LogP contribution in [0.5, 0.6) is 0 Å². The molecule has 6 nitrogen and oxygen atoms in total. The zero-order valence-electron chi connectivity index (χ0n) is 17.3. The van der Waals surface area contributed by atoms with E-state index >= 15 is 0 Å². The van der Waals surface area contributed by atoms with Gasteiger partial charge in [-0.25, -0.2) is 0 Å². The second kappa shape index (κ2) is 7.67. The van der Waals surface area contributed by atoms with Gasteiger partial charge in [0.2, 0.25) is 0 Å². The maximum Gasteiger partial charge on any atom is 0.321 e. The van der Waals surface area contributed by atoms with Crippen LogP contribution in [0.2, 0.25) is 0 Å². The number of allylic oxidation sites excluding steroid dienone is 1. The molecule has 2 bridgehead atoms. The van der Waals surface area contributed by atoms with E-state index in [4.69, 9.17) is 9.47 Å². The maximum absolute atomic E-state index is 13.5. The molecule has 1 saturated heterocycles. The highest BCUT2D eigenvalue weighted by atomic mass is 16.5. The molecule has 3 atom stereocenters. The molecular formula is C23H28N2O4. The van der Waals surface area contributed by atoms with Crippen molar-refractivity contribution in [2.24, 2.45) is 5.92 Å². The molecule has 0 saturated carbocycles. The predicted molar refractivity (Wildman–Crippen MR) is 111 cm³/mol. The number of piperidine rings is 1. The van der Waals surface area contributed by atoms with Gasteiger partial charge in [0.25, 0.3) is 0 Å². The third-order valence-corrected chi connectivity index (χ3v) is 6.54. The number of nitrogens with one attached hydrogen (secondary N) is 1. The van der Waals surface area contributed by atoms with Crippen molar-refractivity contribution in [1.82, 2.24) is 9.88 Å². The Hall–Kier alpha value is -2.60. The molecule has 0 aliphatic carbocycles. The number of fused-ring (bicyclic) bond motifs is 4. The van der Waals surface area contributed by atoms with Gasteiger partial charge in [0.15, 0.2) is 0 Å². The minimum Gasteiger partial charge on any atom is -0.468 e. The van der Waals surface area contributed by atoms with Gasteiger partial charge in [-0.2, -0.15) is 0 Å². The number of hydrogen-bond donors (Lipinski definition) is 1. The fourth-order valence-corrected chi connectivity index (χ4v) is 5.15. The summed E-state index contributed by atoms with van der Waals surface area (Å²) in [5.74, 6) is -0.850. The highest BCUT2D eigenvalue weighted by Crippen LogP contribution is 2.46. The van der Waals surface area contributed by atoms with Crippen molar-refractivity contribution in [2.75, 3.05) is 33.4 Å². The van der Waals surface area contributed by atoms with E-state index in [9.17, 15) is 9.59 Å². The lowest BCUT2D eigenvalue weighted by atomic mass is 9.66. The van der Waals surface area contributed by atoms with E-state index in [-0.39, 0.29) is 18.5 Å². The Kier molecular flexibility index (Phi) is 5.21. The van der Waals surface area contributed by atoms with Crippen LogP contribution < -0.4 is 0 Å². The Morgan fingerprint density at radius 1 is 1.31 bits per heavy atom. The van der Waals surface area contributed by atoms with Gasteiger partial charge in [0.05, 0.1) is 7.11 Å². The molecule has 1 N–H and O–H groups in total. The highest BCUT2D eigenvalue weighted by molar-refractivity contribution is 5.91. The van der Waals surface area contributed by atoms with Crippen molar-refractivity contribution in [3.63, 3.8) is 0 Å². The van der Waals surface area contributed by atoms with E-state index in [0.717, 1.165) is 54.6 Å². The maximum atomic E-state index is 13.5. The first-order valence-corrected chi connectivity index (χ1v) is 10.2. The predicted octanol–water partition coefficient (Wildman–Crippen LogP) is 2.97. The quantitative estimate of drug-likeness (QED) is 0.638. The van der Waals surface area contributed by atoms with Crippen LogP contribution in [0.4, 0.5) is 0 Å².